The molecule has 0 radical (unpaired) electrons. The molecule has 1 amide bonds. The lowest BCUT2D eigenvalue weighted by Gasteiger charge is -2.31. The van der Waals surface area contributed by atoms with E-state index < -0.39 is 0 Å². The fraction of sp³-hybridized carbons (Fsp3) is 0.500. The number of halogens is 1. The highest BCUT2D eigenvalue weighted by Gasteiger charge is 2.26. The quantitative estimate of drug-likeness (QED) is 0.779. The van der Waals surface area contributed by atoms with Crippen molar-refractivity contribution in [3.63, 3.8) is 0 Å². The monoisotopic (exact) mass is 413 g/mol. The Morgan fingerprint density at radius 1 is 1.17 bits per heavy atom. The number of carbonyl (C=O) groups is 1. The number of aromatic nitrogens is 2. The highest BCUT2D eigenvalue weighted by molar-refractivity contribution is 5.73. The Morgan fingerprint density at radius 3 is 2.73 bits per heavy atom. The minimum Gasteiger partial charge on any atom is -0.381 e. The van der Waals surface area contributed by atoms with Crippen LogP contribution >= 0.6 is 0 Å². The van der Waals surface area contributed by atoms with Gasteiger partial charge in [-0.25, -0.2) is 14.4 Å². The summed E-state index contributed by atoms with van der Waals surface area (Å²) in [5.74, 6) is 1.91. The highest BCUT2D eigenvalue weighted by atomic mass is 19.1. The van der Waals surface area contributed by atoms with Crippen molar-refractivity contribution >= 4 is 23.2 Å². The maximum Gasteiger partial charge on any atom is 0.219 e. The molecule has 2 aromatic rings. The number of benzene rings is 1. The summed E-state index contributed by atoms with van der Waals surface area (Å²) < 4.78 is 19.1. The number of ether oxygens (including phenoxy) is 1. The first-order valence-electron chi connectivity index (χ1n) is 10.6. The lowest BCUT2D eigenvalue weighted by atomic mass is 9.97. The first-order valence-corrected chi connectivity index (χ1v) is 10.6. The van der Waals surface area contributed by atoms with E-state index in [0.717, 1.165) is 51.3 Å². The minimum atomic E-state index is -0.306. The molecule has 2 fully saturated rings. The van der Waals surface area contributed by atoms with E-state index in [4.69, 9.17) is 14.7 Å². The van der Waals surface area contributed by atoms with Crippen LogP contribution in [0.2, 0.25) is 0 Å². The Labute approximate surface area is 176 Å². The van der Waals surface area contributed by atoms with E-state index in [1.54, 1.807) is 19.1 Å². The zero-order valence-electron chi connectivity index (χ0n) is 17.2. The first-order chi connectivity index (χ1) is 14.6. The van der Waals surface area contributed by atoms with Gasteiger partial charge in [0.15, 0.2) is 0 Å². The average Bonchev–Trinajstić information content (AvgIpc) is 2.74. The van der Waals surface area contributed by atoms with E-state index in [-0.39, 0.29) is 17.6 Å². The fourth-order valence-electron chi connectivity index (χ4n) is 4.03. The van der Waals surface area contributed by atoms with Gasteiger partial charge in [-0.05, 0) is 43.9 Å². The summed E-state index contributed by atoms with van der Waals surface area (Å²) in [6.07, 6.45) is 3.71. The summed E-state index contributed by atoms with van der Waals surface area (Å²) in [6.45, 7) is 4.47. The number of nitrogens with one attached hydrogen (secondary N) is 2. The van der Waals surface area contributed by atoms with Gasteiger partial charge in [0.2, 0.25) is 5.91 Å². The molecule has 1 atom stereocenters. The molecule has 1 aromatic heterocycles. The van der Waals surface area contributed by atoms with E-state index in [9.17, 15) is 9.18 Å². The molecule has 4 rings (SSSR count). The molecule has 0 saturated carbocycles. The first kappa shape index (κ1) is 20.5. The smallest absolute Gasteiger partial charge is 0.219 e. The van der Waals surface area contributed by atoms with Crippen molar-refractivity contribution in [3.05, 3.63) is 42.0 Å². The van der Waals surface area contributed by atoms with E-state index in [1.807, 2.05) is 11.0 Å². The van der Waals surface area contributed by atoms with E-state index in [0.29, 0.717) is 29.9 Å². The summed E-state index contributed by atoms with van der Waals surface area (Å²) >= 11 is 0. The van der Waals surface area contributed by atoms with Gasteiger partial charge >= 0.3 is 0 Å². The van der Waals surface area contributed by atoms with Crippen LogP contribution in [0.3, 0.4) is 0 Å². The molecule has 2 saturated heterocycles. The Balaban J connectivity index is 1.60. The van der Waals surface area contributed by atoms with Gasteiger partial charge < -0.3 is 20.3 Å². The maximum atomic E-state index is 13.6. The second-order valence-corrected chi connectivity index (χ2v) is 7.97. The number of carbonyl (C=O) groups excluding carboxylic acids is 1. The van der Waals surface area contributed by atoms with E-state index >= 15 is 0 Å². The van der Waals surface area contributed by atoms with Crippen molar-refractivity contribution in [3.8, 4) is 0 Å². The van der Waals surface area contributed by atoms with Gasteiger partial charge in [-0.1, -0.05) is 6.07 Å². The van der Waals surface area contributed by atoms with Gasteiger partial charge in [-0.3, -0.25) is 4.79 Å². The molecule has 1 unspecified atom stereocenters. The van der Waals surface area contributed by atoms with Crippen molar-refractivity contribution in [1.82, 2.24) is 14.9 Å². The van der Waals surface area contributed by atoms with Crippen LogP contribution < -0.4 is 10.6 Å². The normalized spacial score (nSPS) is 20.1. The third-order valence-electron chi connectivity index (χ3n) is 5.65. The van der Waals surface area contributed by atoms with E-state index in [2.05, 4.69) is 10.6 Å². The molecule has 3 heterocycles. The molecular formula is C22H28FN5O2. The zero-order chi connectivity index (χ0) is 20.9. The van der Waals surface area contributed by atoms with E-state index in [1.165, 1.54) is 12.1 Å². The van der Waals surface area contributed by atoms with Gasteiger partial charge in [0.05, 0.1) is 0 Å². The Hall–Kier alpha value is -2.74. The molecule has 7 nitrogen and oxygen atoms in total. The van der Waals surface area contributed by atoms with Crippen molar-refractivity contribution in [2.45, 2.75) is 44.6 Å². The number of nitrogens with zero attached hydrogens (tertiary/aromatic N) is 3. The third kappa shape index (κ3) is 5.24. The number of hydrogen-bond acceptors (Lipinski definition) is 6. The fourth-order valence-corrected chi connectivity index (χ4v) is 4.03. The van der Waals surface area contributed by atoms with Crippen molar-refractivity contribution in [2.24, 2.45) is 0 Å². The van der Waals surface area contributed by atoms with Crippen LogP contribution in [0.5, 0.6) is 0 Å². The SMILES string of the molecule is CC(=O)N1CCCC(c2nc(Nc3cccc(F)c3)cc(NC3CCOCC3)n2)C1. The number of anilines is 3. The minimum absolute atomic E-state index is 0.0761. The Morgan fingerprint density at radius 2 is 1.97 bits per heavy atom. The average molecular weight is 413 g/mol. The zero-order valence-corrected chi connectivity index (χ0v) is 17.2. The number of rotatable bonds is 5. The summed E-state index contributed by atoms with van der Waals surface area (Å²) in [7, 11) is 0. The maximum absolute atomic E-state index is 13.6. The molecule has 30 heavy (non-hydrogen) atoms. The van der Waals surface area contributed by atoms with Gasteiger partial charge in [-0.15, -0.1) is 0 Å². The molecule has 0 spiro atoms. The largest absolute Gasteiger partial charge is 0.381 e. The topological polar surface area (TPSA) is 79.4 Å². The van der Waals surface area contributed by atoms with Crippen molar-refractivity contribution in [1.29, 1.82) is 0 Å². The molecule has 2 N–H and O–H groups in total. The van der Waals surface area contributed by atoms with Crippen LogP contribution in [0.4, 0.5) is 21.7 Å². The number of hydrogen-bond donors (Lipinski definition) is 2. The molecule has 0 bridgehead atoms. The number of likely N-dealkylation sites (tertiary alicyclic amines) is 1. The van der Waals surface area contributed by atoms with Crippen LogP contribution in [-0.2, 0) is 9.53 Å². The predicted octanol–water partition coefficient (Wildman–Crippen LogP) is 3.68. The molecule has 160 valence electrons. The van der Waals surface area contributed by atoms with Gasteiger partial charge in [0.25, 0.3) is 0 Å². The summed E-state index contributed by atoms with van der Waals surface area (Å²) in [5.41, 5.74) is 0.630. The standard InChI is InChI=1S/C22H28FN5O2/c1-15(29)28-9-3-4-16(14-28)22-26-20(24-18-7-10-30-11-8-18)13-21(27-22)25-19-6-2-5-17(23)12-19/h2,5-6,12-13,16,18H,3-4,7-11,14H2,1H3,(H2,24,25,26,27). The Kier molecular flexibility index (Phi) is 6.42. The molecule has 8 heteroatoms. The second-order valence-electron chi connectivity index (χ2n) is 7.97. The lowest BCUT2D eigenvalue weighted by Crippen LogP contribution is -2.38. The molecule has 1 aromatic carbocycles. The Bertz CT molecular complexity index is 888. The summed E-state index contributed by atoms with van der Waals surface area (Å²) in [6, 6.07) is 8.46. The van der Waals surface area contributed by atoms with Crippen LogP contribution in [0, 0.1) is 5.82 Å². The van der Waals surface area contributed by atoms with Crippen LogP contribution in [0.15, 0.2) is 30.3 Å². The lowest BCUT2D eigenvalue weighted by molar-refractivity contribution is -0.130. The van der Waals surface area contributed by atoms with Gasteiger partial charge in [-0.2, -0.15) is 0 Å². The molecule has 2 aliphatic heterocycles. The van der Waals surface area contributed by atoms with Crippen molar-refractivity contribution in [2.75, 3.05) is 36.9 Å². The summed E-state index contributed by atoms with van der Waals surface area (Å²) in [5, 5.41) is 6.71. The third-order valence-corrected chi connectivity index (χ3v) is 5.65. The van der Waals surface area contributed by atoms with Crippen molar-refractivity contribution < 1.29 is 13.9 Å². The molecule has 0 aliphatic carbocycles. The number of piperidine rings is 1. The van der Waals surface area contributed by atoms with Gasteiger partial charge in [0, 0.05) is 56.9 Å². The number of amides is 1. The molecular weight excluding hydrogens is 385 g/mol. The predicted molar refractivity (Wildman–Crippen MR) is 113 cm³/mol. The molecule has 2 aliphatic rings. The highest BCUT2D eigenvalue weighted by Crippen LogP contribution is 2.28. The van der Waals surface area contributed by atoms with Crippen LogP contribution in [0.1, 0.15) is 44.3 Å². The van der Waals surface area contributed by atoms with Crippen LogP contribution in [0.25, 0.3) is 0 Å². The van der Waals surface area contributed by atoms with Gasteiger partial charge in [0.1, 0.15) is 23.3 Å². The van der Waals surface area contributed by atoms with Crippen LogP contribution in [-0.4, -0.2) is 53.1 Å². The second kappa shape index (κ2) is 9.38. The summed E-state index contributed by atoms with van der Waals surface area (Å²) in [4.78, 5) is 23.2.